The number of aromatic nitrogens is 1. The summed E-state index contributed by atoms with van der Waals surface area (Å²) in [7, 11) is -1.58. The van der Waals surface area contributed by atoms with E-state index in [4.69, 9.17) is 9.88 Å². The van der Waals surface area contributed by atoms with Crippen LogP contribution < -0.4 is 14.8 Å². The maximum atomic E-state index is 13.2. The molecule has 3 heterocycles. The highest BCUT2D eigenvalue weighted by molar-refractivity contribution is 7.82. The summed E-state index contributed by atoms with van der Waals surface area (Å²) in [5, 5.41) is 5.51. The normalized spacial score (nSPS) is 18.1. The Morgan fingerprint density at radius 1 is 1.14 bits per heavy atom. The Labute approximate surface area is 170 Å². The van der Waals surface area contributed by atoms with Gasteiger partial charge < -0.3 is 9.64 Å². The molecule has 0 fully saturated rings. The molecular formula is C22H19N3O3S. The zero-order valence-corrected chi connectivity index (χ0v) is 16.4. The van der Waals surface area contributed by atoms with Gasteiger partial charge in [0.05, 0.1) is 10.6 Å². The summed E-state index contributed by atoms with van der Waals surface area (Å²) < 4.78 is 17.6. The topological polar surface area (TPSA) is 85.5 Å². The van der Waals surface area contributed by atoms with Crippen molar-refractivity contribution in [3.8, 4) is 17.0 Å². The zero-order valence-electron chi connectivity index (χ0n) is 15.6. The molecule has 2 aliphatic heterocycles. The van der Waals surface area contributed by atoms with Gasteiger partial charge in [0, 0.05) is 30.4 Å². The van der Waals surface area contributed by atoms with Gasteiger partial charge in [-0.3, -0.25) is 9.78 Å². The summed E-state index contributed by atoms with van der Waals surface area (Å²) in [6, 6.07) is 17.1. The molecule has 2 unspecified atom stereocenters. The lowest BCUT2D eigenvalue weighted by molar-refractivity contribution is -0.124. The lowest BCUT2D eigenvalue weighted by Gasteiger charge is -2.21. The van der Waals surface area contributed by atoms with Crippen LogP contribution in [-0.4, -0.2) is 27.7 Å². The standard InChI is InChI=1S/C22H19N3O3S/c23-29(27)17-6-4-14-8-10-25(19(14)13-17)22(26)21-12-16-11-15(5-7-20(16)28-21)18-3-1-2-9-24-18/h1-7,9,11,13,21H,8,10,12,23H2. The third kappa shape index (κ3) is 3.22. The molecule has 0 saturated heterocycles. The van der Waals surface area contributed by atoms with Gasteiger partial charge in [0.1, 0.15) is 16.7 Å². The second kappa shape index (κ2) is 7.09. The number of amides is 1. The second-order valence-electron chi connectivity index (χ2n) is 7.18. The molecule has 0 aliphatic carbocycles. The van der Waals surface area contributed by atoms with E-state index in [2.05, 4.69) is 4.98 Å². The second-order valence-corrected chi connectivity index (χ2v) is 8.24. The fourth-order valence-electron chi connectivity index (χ4n) is 3.97. The number of hydrogen-bond donors (Lipinski definition) is 1. The number of fused-ring (bicyclic) bond motifs is 2. The Bertz CT molecular complexity index is 1130. The first kappa shape index (κ1) is 18.0. The average molecular weight is 405 g/mol. The van der Waals surface area contributed by atoms with Gasteiger partial charge in [-0.2, -0.15) is 0 Å². The molecule has 2 aliphatic rings. The first-order valence-electron chi connectivity index (χ1n) is 9.41. The minimum absolute atomic E-state index is 0.0840. The number of anilines is 1. The molecule has 2 atom stereocenters. The molecule has 2 aromatic carbocycles. The lowest BCUT2D eigenvalue weighted by atomic mass is 10.0. The van der Waals surface area contributed by atoms with Crippen molar-refractivity contribution in [2.75, 3.05) is 11.4 Å². The smallest absolute Gasteiger partial charge is 0.268 e. The van der Waals surface area contributed by atoms with Crippen LogP contribution in [0.25, 0.3) is 11.3 Å². The van der Waals surface area contributed by atoms with Crippen LogP contribution in [0.3, 0.4) is 0 Å². The van der Waals surface area contributed by atoms with Gasteiger partial charge in [0.2, 0.25) is 0 Å². The number of benzene rings is 2. The maximum Gasteiger partial charge on any atom is 0.268 e. The average Bonchev–Trinajstić information content (AvgIpc) is 3.37. The molecule has 7 heteroatoms. The minimum Gasteiger partial charge on any atom is -0.480 e. The molecule has 0 saturated carbocycles. The molecule has 6 nitrogen and oxygen atoms in total. The van der Waals surface area contributed by atoms with E-state index in [1.165, 1.54) is 0 Å². The van der Waals surface area contributed by atoms with Crippen molar-refractivity contribution in [1.29, 1.82) is 0 Å². The van der Waals surface area contributed by atoms with Gasteiger partial charge in [0.15, 0.2) is 6.10 Å². The van der Waals surface area contributed by atoms with E-state index in [1.54, 1.807) is 23.2 Å². The summed E-state index contributed by atoms with van der Waals surface area (Å²) in [5.74, 6) is 0.651. The highest BCUT2D eigenvalue weighted by Gasteiger charge is 2.36. The summed E-state index contributed by atoms with van der Waals surface area (Å²) in [6.07, 6.45) is 2.48. The fourth-order valence-corrected chi connectivity index (χ4v) is 4.40. The number of rotatable bonds is 3. The third-order valence-corrected chi connectivity index (χ3v) is 6.14. The Balaban J connectivity index is 1.39. The van der Waals surface area contributed by atoms with Crippen LogP contribution in [0.15, 0.2) is 65.7 Å². The van der Waals surface area contributed by atoms with Crippen molar-refractivity contribution < 1.29 is 13.7 Å². The van der Waals surface area contributed by atoms with Crippen LogP contribution in [0, 0.1) is 0 Å². The van der Waals surface area contributed by atoms with Crippen molar-refractivity contribution in [3.63, 3.8) is 0 Å². The van der Waals surface area contributed by atoms with E-state index in [0.29, 0.717) is 17.9 Å². The predicted molar refractivity (Wildman–Crippen MR) is 111 cm³/mol. The summed E-state index contributed by atoms with van der Waals surface area (Å²) in [4.78, 5) is 19.8. The first-order valence-corrected chi connectivity index (χ1v) is 10.6. The van der Waals surface area contributed by atoms with Crippen molar-refractivity contribution in [3.05, 3.63) is 71.9 Å². The van der Waals surface area contributed by atoms with Gasteiger partial charge in [-0.25, -0.2) is 9.35 Å². The van der Waals surface area contributed by atoms with Crippen molar-refractivity contribution >= 4 is 22.6 Å². The zero-order chi connectivity index (χ0) is 20.0. The largest absolute Gasteiger partial charge is 0.480 e. The Kier molecular flexibility index (Phi) is 4.41. The molecule has 2 N–H and O–H groups in total. The van der Waals surface area contributed by atoms with Crippen LogP contribution in [-0.2, 0) is 28.6 Å². The highest BCUT2D eigenvalue weighted by atomic mass is 32.2. The summed E-state index contributed by atoms with van der Waals surface area (Å²) in [6.45, 7) is 0.588. The van der Waals surface area contributed by atoms with E-state index >= 15 is 0 Å². The van der Waals surface area contributed by atoms with Crippen LogP contribution in [0.1, 0.15) is 11.1 Å². The van der Waals surface area contributed by atoms with Crippen molar-refractivity contribution in [2.45, 2.75) is 23.8 Å². The predicted octanol–water partition coefficient (Wildman–Crippen LogP) is 2.62. The summed E-state index contributed by atoms with van der Waals surface area (Å²) >= 11 is 0. The van der Waals surface area contributed by atoms with Crippen LogP contribution in [0.4, 0.5) is 5.69 Å². The summed E-state index contributed by atoms with van der Waals surface area (Å²) in [5.41, 5.74) is 4.73. The van der Waals surface area contributed by atoms with E-state index in [9.17, 15) is 9.00 Å². The number of ether oxygens (including phenoxy) is 1. The minimum atomic E-state index is -1.58. The quantitative estimate of drug-likeness (QED) is 0.726. The van der Waals surface area contributed by atoms with E-state index in [0.717, 1.165) is 40.2 Å². The first-order chi connectivity index (χ1) is 14.1. The number of nitrogens with two attached hydrogens (primary N) is 1. The fraction of sp³-hybridized carbons (Fsp3) is 0.182. The van der Waals surface area contributed by atoms with Gasteiger partial charge >= 0.3 is 0 Å². The van der Waals surface area contributed by atoms with Crippen LogP contribution >= 0.6 is 0 Å². The molecule has 1 aromatic heterocycles. The van der Waals surface area contributed by atoms with E-state index in [1.807, 2.05) is 42.5 Å². The molecular weight excluding hydrogens is 386 g/mol. The Morgan fingerprint density at radius 3 is 2.83 bits per heavy atom. The van der Waals surface area contributed by atoms with Crippen molar-refractivity contribution in [1.82, 2.24) is 4.98 Å². The third-order valence-electron chi connectivity index (χ3n) is 5.42. The van der Waals surface area contributed by atoms with Crippen LogP contribution in [0.2, 0.25) is 0 Å². The number of nitrogens with zero attached hydrogens (tertiary/aromatic N) is 2. The van der Waals surface area contributed by atoms with Crippen molar-refractivity contribution in [2.24, 2.45) is 5.14 Å². The Hall–Kier alpha value is -3.03. The number of pyridine rings is 1. The molecule has 0 spiro atoms. The molecule has 1 amide bonds. The SMILES string of the molecule is NS(=O)c1ccc2c(c1)N(C(=O)C1Cc3cc(-c4ccccn4)ccc3O1)CC2. The van der Waals surface area contributed by atoms with Crippen LogP contribution in [0.5, 0.6) is 5.75 Å². The molecule has 0 radical (unpaired) electrons. The molecule has 29 heavy (non-hydrogen) atoms. The number of carbonyl (C=O) groups is 1. The van der Waals surface area contributed by atoms with Gasteiger partial charge in [-0.1, -0.05) is 12.1 Å². The number of carbonyl (C=O) groups excluding carboxylic acids is 1. The molecule has 146 valence electrons. The molecule has 0 bridgehead atoms. The van der Waals surface area contributed by atoms with E-state index < -0.39 is 17.1 Å². The van der Waals surface area contributed by atoms with E-state index in [-0.39, 0.29) is 5.91 Å². The monoisotopic (exact) mass is 405 g/mol. The van der Waals surface area contributed by atoms with Gasteiger partial charge in [-0.15, -0.1) is 0 Å². The Morgan fingerprint density at radius 2 is 2.03 bits per heavy atom. The highest BCUT2D eigenvalue weighted by Crippen LogP contribution is 2.35. The molecule has 5 rings (SSSR count). The number of hydrogen-bond acceptors (Lipinski definition) is 4. The lowest BCUT2D eigenvalue weighted by Crippen LogP contribution is -2.40. The molecule has 3 aromatic rings. The van der Waals surface area contributed by atoms with Gasteiger partial charge in [-0.05, 0) is 60.0 Å². The maximum absolute atomic E-state index is 13.2. The van der Waals surface area contributed by atoms with Gasteiger partial charge in [0.25, 0.3) is 5.91 Å².